The Hall–Kier alpha value is -1.68. The second-order valence-electron chi connectivity index (χ2n) is 2.84. The second-order valence-corrected chi connectivity index (χ2v) is 2.84. The van der Waals surface area contributed by atoms with Gasteiger partial charge in [0.1, 0.15) is 5.97 Å². The fourth-order valence-electron chi connectivity index (χ4n) is 1.05. The van der Waals surface area contributed by atoms with E-state index < -0.39 is 24.3 Å². The van der Waals surface area contributed by atoms with E-state index >= 15 is 0 Å². The van der Waals surface area contributed by atoms with Gasteiger partial charge >= 0.3 is 0 Å². The van der Waals surface area contributed by atoms with E-state index in [9.17, 15) is 19.8 Å². The van der Waals surface area contributed by atoms with E-state index in [4.69, 9.17) is 0 Å². The van der Waals surface area contributed by atoms with Gasteiger partial charge in [-0.05, 0) is 5.56 Å². The van der Waals surface area contributed by atoms with Crippen LogP contribution in [0.15, 0.2) is 30.3 Å². The van der Waals surface area contributed by atoms with Gasteiger partial charge in [-0.1, -0.05) is 30.3 Å². The van der Waals surface area contributed by atoms with Crippen LogP contribution in [-0.2, 0) is 9.59 Å². The van der Waals surface area contributed by atoms with E-state index in [1.807, 2.05) is 0 Å². The zero-order valence-corrected chi connectivity index (χ0v) is 7.34. The molecule has 0 saturated carbocycles. The Kier molecular flexibility index (Phi) is 3.36. The van der Waals surface area contributed by atoms with Crippen LogP contribution < -0.4 is 5.11 Å². The SMILES string of the molecule is O=C([O-])C(=O)CC(O)c1ccccc1. The van der Waals surface area contributed by atoms with Gasteiger partial charge in [-0.3, -0.25) is 4.79 Å². The maximum Gasteiger partial charge on any atom is 0.181 e. The third kappa shape index (κ3) is 2.67. The average molecular weight is 193 g/mol. The van der Waals surface area contributed by atoms with Crippen LogP contribution in [0, 0.1) is 0 Å². The lowest BCUT2D eigenvalue weighted by atomic mass is 10.0. The molecule has 1 unspecified atom stereocenters. The smallest absolute Gasteiger partial charge is 0.181 e. The molecule has 0 aliphatic rings. The molecule has 4 heteroatoms. The monoisotopic (exact) mass is 193 g/mol. The Morgan fingerprint density at radius 3 is 2.36 bits per heavy atom. The van der Waals surface area contributed by atoms with Gasteiger partial charge in [0, 0.05) is 6.42 Å². The standard InChI is InChI=1S/C10H10O4/c11-8(6-9(12)10(13)14)7-4-2-1-3-5-7/h1-5,8,11H,6H2,(H,13,14)/p-1. The Labute approximate surface area is 80.8 Å². The average Bonchev–Trinajstić information content (AvgIpc) is 2.19. The predicted octanol–water partition coefficient (Wildman–Crippen LogP) is -0.571. The summed E-state index contributed by atoms with van der Waals surface area (Å²) >= 11 is 0. The van der Waals surface area contributed by atoms with Crippen LogP contribution in [0.25, 0.3) is 0 Å². The highest BCUT2D eigenvalue weighted by Gasteiger charge is 2.12. The molecule has 74 valence electrons. The van der Waals surface area contributed by atoms with Crippen molar-refractivity contribution in [3.05, 3.63) is 35.9 Å². The molecular weight excluding hydrogens is 184 g/mol. The molecule has 4 nitrogen and oxygen atoms in total. The number of Topliss-reactive ketones (excluding diaryl/α,β-unsaturated/α-hetero) is 1. The fourth-order valence-corrected chi connectivity index (χ4v) is 1.05. The summed E-state index contributed by atoms with van der Waals surface area (Å²) in [4.78, 5) is 20.8. The number of carbonyl (C=O) groups is 2. The van der Waals surface area contributed by atoms with Crippen molar-refractivity contribution in [3.8, 4) is 0 Å². The van der Waals surface area contributed by atoms with Crippen LogP contribution >= 0.6 is 0 Å². The third-order valence-electron chi connectivity index (χ3n) is 1.79. The second kappa shape index (κ2) is 4.53. The lowest BCUT2D eigenvalue weighted by Gasteiger charge is -2.09. The number of aliphatic carboxylic acids is 1. The van der Waals surface area contributed by atoms with Gasteiger partial charge in [0.05, 0.1) is 6.10 Å². The van der Waals surface area contributed by atoms with Crippen molar-refractivity contribution < 1.29 is 19.8 Å². The summed E-state index contributed by atoms with van der Waals surface area (Å²) in [5, 5.41) is 19.5. The number of aliphatic hydroxyl groups is 1. The van der Waals surface area contributed by atoms with E-state index in [1.165, 1.54) is 0 Å². The molecule has 0 aliphatic heterocycles. The van der Waals surface area contributed by atoms with E-state index in [-0.39, 0.29) is 0 Å². The zero-order valence-electron chi connectivity index (χ0n) is 7.34. The predicted molar refractivity (Wildman–Crippen MR) is 46.0 cm³/mol. The van der Waals surface area contributed by atoms with Crippen molar-refractivity contribution in [2.45, 2.75) is 12.5 Å². The molecule has 0 amide bonds. The molecule has 1 aromatic carbocycles. The molecular formula is C10H9O4-. The minimum atomic E-state index is -1.76. The summed E-state index contributed by atoms with van der Waals surface area (Å²) in [5.74, 6) is -2.86. The minimum absolute atomic E-state index is 0.452. The Bertz CT molecular complexity index is 331. The first kappa shape index (κ1) is 10.4. The van der Waals surface area contributed by atoms with Crippen LogP contribution in [0.2, 0.25) is 0 Å². The Morgan fingerprint density at radius 1 is 1.29 bits per heavy atom. The number of rotatable bonds is 4. The lowest BCUT2D eigenvalue weighted by Crippen LogP contribution is -2.32. The maximum atomic E-state index is 10.7. The molecule has 0 spiro atoms. The van der Waals surface area contributed by atoms with Crippen molar-refractivity contribution in [2.75, 3.05) is 0 Å². The Morgan fingerprint density at radius 2 is 1.86 bits per heavy atom. The van der Waals surface area contributed by atoms with Crippen molar-refractivity contribution in [1.82, 2.24) is 0 Å². The van der Waals surface area contributed by atoms with Gasteiger partial charge < -0.3 is 15.0 Å². The first-order valence-corrected chi connectivity index (χ1v) is 4.08. The Balaban J connectivity index is 2.64. The number of ketones is 1. The number of carbonyl (C=O) groups excluding carboxylic acids is 2. The van der Waals surface area contributed by atoms with Gasteiger partial charge in [0.25, 0.3) is 0 Å². The van der Waals surface area contributed by atoms with Crippen LogP contribution in [0.1, 0.15) is 18.1 Å². The lowest BCUT2D eigenvalue weighted by molar-refractivity contribution is -0.300. The highest BCUT2D eigenvalue weighted by molar-refractivity contribution is 6.31. The summed E-state index contributed by atoms with van der Waals surface area (Å²) in [6, 6.07) is 8.39. The minimum Gasteiger partial charge on any atom is -0.542 e. The van der Waals surface area contributed by atoms with Gasteiger partial charge in [0.15, 0.2) is 5.78 Å². The third-order valence-corrected chi connectivity index (χ3v) is 1.79. The topological polar surface area (TPSA) is 77.4 Å². The fraction of sp³-hybridized carbons (Fsp3) is 0.200. The summed E-state index contributed by atoms with van der Waals surface area (Å²) in [6.07, 6.45) is -1.53. The summed E-state index contributed by atoms with van der Waals surface area (Å²) in [6.45, 7) is 0. The molecule has 0 aromatic heterocycles. The van der Waals surface area contributed by atoms with Crippen LogP contribution in [0.5, 0.6) is 0 Å². The number of hydrogen-bond donors (Lipinski definition) is 1. The number of carboxylic acid groups (broad SMARTS) is 1. The normalized spacial score (nSPS) is 12.1. The molecule has 0 heterocycles. The highest BCUT2D eigenvalue weighted by atomic mass is 16.4. The summed E-state index contributed by atoms with van der Waals surface area (Å²) < 4.78 is 0. The number of benzene rings is 1. The maximum absolute atomic E-state index is 10.7. The van der Waals surface area contributed by atoms with E-state index in [0.717, 1.165) is 0 Å². The molecule has 14 heavy (non-hydrogen) atoms. The van der Waals surface area contributed by atoms with Crippen LogP contribution in [0.3, 0.4) is 0 Å². The van der Waals surface area contributed by atoms with Crippen LogP contribution in [0.4, 0.5) is 0 Å². The van der Waals surface area contributed by atoms with E-state index in [0.29, 0.717) is 5.56 Å². The summed E-state index contributed by atoms with van der Waals surface area (Å²) in [7, 11) is 0. The first-order valence-electron chi connectivity index (χ1n) is 4.08. The highest BCUT2D eigenvalue weighted by Crippen LogP contribution is 2.15. The molecule has 0 fully saturated rings. The molecule has 1 aromatic rings. The molecule has 0 radical (unpaired) electrons. The van der Waals surface area contributed by atoms with Crippen molar-refractivity contribution >= 4 is 11.8 Å². The zero-order chi connectivity index (χ0) is 10.6. The molecule has 1 N–H and O–H groups in total. The van der Waals surface area contributed by atoms with E-state index in [2.05, 4.69) is 0 Å². The first-order chi connectivity index (χ1) is 6.61. The van der Waals surface area contributed by atoms with Gasteiger partial charge in [-0.25, -0.2) is 0 Å². The molecule has 0 bridgehead atoms. The van der Waals surface area contributed by atoms with Crippen molar-refractivity contribution in [2.24, 2.45) is 0 Å². The molecule has 0 aliphatic carbocycles. The van der Waals surface area contributed by atoms with Gasteiger partial charge in [-0.15, -0.1) is 0 Å². The van der Waals surface area contributed by atoms with Crippen molar-refractivity contribution in [1.29, 1.82) is 0 Å². The van der Waals surface area contributed by atoms with Gasteiger partial charge in [0.2, 0.25) is 0 Å². The summed E-state index contributed by atoms with van der Waals surface area (Å²) in [5.41, 5.74) is 0.516. The van der Waals surface area contributed by atoms with Gasteiger partial charge in [-0.2, -0.15) is 0 Å². The van der Waals surface area contributed by atoms with Crippen molar-refractivity contribution in [3.63, 3.8) is 0 Å². The molecule has 1 rings (SSSR count). The molecule has 0 saturated heterocycles. The number of aliphatic hydroxyl groups excluding tert-OH is 1. The van der Waals surface area contributed by atoms with E-state index in [1.54, 1.807) is 30.3 Å². The molecule has 1 atom stereocenters. The number of carboxylic acids is 1. The quantitative estimate of drug-likeness (QED) is 0.649. The van der Waals surface area contributed by atoms with Crippen LogP contribution in [-0.4, -0.2) is 16.9 Å². The largest absolute Gasteiger partial charge is 0.542 e. The number of hydrogen-bond acceptors (Lipinski definition) is 4.